The third-order valence-electron chi connectivity index (χ3n) is 2.67. The first-order chi connectivity index (χ1) is 7.19. The topological polar surface area (TPSA) is 22.1 Å². The van der Waals surface area contributed by atoms with E-state index in [4.69, 9.17) is 4.74 Å². The van der Waals surface area contributed by atoms with E-state index in [1.54, 1.807) is 0 Å². The van der Waals surface area contributed by atoms with Crippen molar-refractivity contribution in [2.75, 3.05) is 6.26 Å². The monoisotopic (exact) mass is 311 g/mol. The predicted molar refractivity (Wildman–Crippen MR) is 68.7 cm³/mol. The Morgan fingerprint density at radius 1 is 1.50 bits per heavy atom. The van der Waals surface area contributed by atoms with Crippen molar-refractivity contribution in [2.45, 2.75) is 31.1 Å². The summed E-state index contributed by atoms with van der Waals surface area (Å²) in [4.78, 5) is 4.37. The van der Waals surface area contributed by atoms with Gasteiger partial charge in [-0.2, -0.15) is 11.8 Å². The van der Waals surface area contributed by atoms with Gasteiger partial charge in [-0.3, -0.25) is 0 Å². The molecule has 0 radical (unpaired) electrons. The summed E-state index contributed by atoms with van der Waals surface area (Å²) < 4.78 is 6.81. The largest absolute Gasteiger partial charge is 1.00 e. The zero-order valence-corrected chi connectivity index (χ0v) is 14.3. The Hall–Kier alpha value is 0.780. The Kier molecular flexibility index (Phi) is 6.16. The molecule has 1 fully saturated rings. The van der Waals surface area contributed by atoms with Crippen molar-refractivity contribution in [3.05, 3.63) is 22.3 Å². The number of hydrogen-bond acceptors (Lipinski definition) is 3. The molecule has 0 aromatic carbocycles. The normalized spacial score (nSPS) is 23.2. The zero-order valence-electron chi connectivity index (χ0n) is 10.9. The molecule has 1 aliphatic rings. The first-order valence-electron chi connectivity index (χ1n) is 5.01. The summed E-state index contributed by atoms with van der Waals surface area (Å²) in [6, 6.07) is 3.91. The summed E-state index contributed by atoms with van der Waals surface area (Å²) in [6.45, 7) is 1.97. The molecule has 2 nitrogen and oxygen atoms in total. The van der Waals surface area contributed by atoms with Crippen LogP contribution in [-0.4, -0.2) is 22.6 Å². The Balaban J connectivity index is 0.00000128. The van der Waals surface area contributed by atoms with Crippen molar-refractivity contribution < 1.29 is 35.7 Å². The number of thioether (sulfide) groups is 1. The van der Waals surface area contributed by atoms with Gasteiger partial charge >= 0.3 is 29.6 Å². The molecule has 1 saturated carbocycles. The number of hydrogen-bond donors (Lipinski definition) is 0. The van der Waals surface area contributed by atoms with Crippen molar-refractivity contribution in [3.63, 3.8) is 0 Å². The molecule has 1 aliphatic carbocycles. The number of ether oxygens (including phenoxy) is 1. The number of halogens is 1. The number of rotatable bonds is 3. The molecule has 16 heavy (non-hydrogen) atoms. The molecule has 2 rings (SSSR count). The van der Waals surface area contributed by atoms with E-state index in [0.29, 0.717) is 6.10 Å². The summed E-state index contributed by atoms with van der Waals surface area (Å²) in [5.74, 6) is 0.750. The minimum Gasteiger partial charge on any atom is -1.00 e. The second-order valence-corrected chi connectivity index (χ2v) is 5.78. The van der Waals surface area contributed by atoms with E-state index in [0.717, 1.165) is 34.1 Å². The summed E-state index contributed by atoms with van der Waals surface area (Å²) in [5, 5.41) is 0.784. The van der Waals surface area contributed by atoms with Crippen molar-refractivity contribution in [1.82, 2.24) is 4.98 Å². The molecular formula is C11H15BrNNaOS. The summed E-state index contributed by atoms with van der Waals surface area (Å²) >= 11 is 5.35. The average Bonchev–Trinajstić information content (AvgIpc) is 2.16. The molecule has 0 unspecified atom stereocenters. The third kappa shape index (κ3) is 3.64. The van der Waals surface area contributed by atoms with Crippen LogP contribution < -0.4 is 34.3 Å². The van der Waals surface area contributed by atoms with Gasteiger partial charge < -0.3 is 6.16 Å². The Morgan fingerprint density at radius 2 is 2.19 bits per heavy atom. The molecule has 84 valence electrons. The Labute approximate surface area is 133 Å². The fourth-order valence-corrected chi connectivity index (χ4v) is 2.60. The van der Waals surface area contributed by atoms with Crippen molar-refractivity contribution in [2.24, 2.45) is 0 Å². The van der Waals surface area contributed by atoms with Gasteiger partial charge in [-0.25, -0.2) is 4.98 Å². The molecule has 0 atom stereocenters. The average molecular weight is 312 g/mol. The van der Waals surface area contributed by atoms with Crippen LogP contribution in [-0.2, 0) is 0 Å². The van der Waals surface area contributed by atoms with Crippen molar-refractivity contribution in [3.8, 4) is 5.88 Å². The van der Waals surface area contributed by atoms with Crippen molar-refractivity contribution in [1.29, 1.82) is 0 Å². The predicted octanol–water partition coefficient (Wildman–Crippen LogP) is 0.542. The van der Waals surface area contributed by atoms with E-state index in [1.807, 2.05) is 30.8 Å². The molecule has 0 bridgehead atoms. The van der Waals surface area contributed by atoms with Crippen LogP contribution in [0.15, 0.2) is 16.6 Å². The number of aryl methyl sites for hydroxylation is 1. The Bertz CT molecular complexity index is 363. The van der Waals surface area contributed by atoms with Crippen LogP contribution in [0.25, 0.3) is 0 Å². The molecule has 0 saturated heterocycles. The smallest absolute Gasteiger partial charge is 1.00 e. The summed E-state index contributed by atoms with van der Waals surface area (Å²) in [7, 11) is 0. The van der Waals surface area contributed by atoms with Crippen LogP contribution in [0.3, 0.4) is 0 Å². The van der Waals surface area contributed by atoms with Gasteiger partial charge in [0.2, 0.25) is 5.88 Å². The van der Waals surface area contributed by atoms with E-state index in [-0.39, 0.29) is 31.0 Å². The van der Waals surface area contributed by atoms with Gasteiger partial charge in [0, 0.05) is 15.8 Å². The molecule has 0 spiro atoms. The first kappa shape index (κ1) is 14.8. The third-order valence-corrected chi connectivity index (χ3v) is 4.56. The summed E-state index contributed by atoms with van der Waals surface area (Å²) in [5.41, 5.74) is 0.980. The van der Waals surface area contributed by atoms with Crippen LogP contribution in [0, 0.1) is 6.92 Å². The van der Waals surface area contributed by atoms with Crippen LogP contribution in [0.5, 0.6) is 5.88 Å². The maximum absolute atomic E-state index is 5.77. The van der Waals surface area contributed by atoms with Crippen molar-refractivity contribution >= 4 is 27.7 Å². The van der Waals surface area contributed by atoms with E-state index in [2.05, 4.69) is 27.2 Å². The molecule has 1 aromatic rings. The van der Waals surface area contributed by atoms with Gasteiger partial charge in [0.05, 0.1) is 5.69 Å². The Morgan fingerprint density at radius 3 is 2.75 bits per heavy atom. The molecule has 0 N–H and O–H groups in total. The van der Waals surface area contributed by atoms with Crippen LogP contribution in [0.4, 0.5) is 0 Å². The number of pyridine rings is 1. The van der Waals surface area contributed by atoms with Crippen LogP contribution in [0.2, 0.25) is 0 Å². The van der Waals surface area contributed by atoms with Gasteiger partial charge in [0.1, 0.15) is 6.10 Å². The second kappa shape index (κ2) is 6.64. The minimum atomic E-state index is 0. The fraction of sp³-hybridized carbons (Fsp3) is 0.545. The molecule has 1 heterocycles. The molecule has 0 aliphatic heterocycles. The van der Waals surface area contributed by atoms with Gasteiger partial charge in [-0.05, 0) is 48.0 Å². The molecule has 5 heteroatoms. The first-order valence-corrected chi connectivity index (χ1v) is 7.09. The van der Waals surface area contributed by atoms with Crippen LogP contribution >= 0.6 is 27.7 Å². The second-order valence-electron chi connectivity index (χ2n) is 3.79. The van der Waals surface area contributed by atoms with E-state index in [9.17, 15) is 0 Å². The number of nitrogens with zero attached hydrogens (tertiary/aromatic N) is 1. The zero-order chi connectivity index (χ0) is 10.8. The van der Waals surface area contributed by atoms with Gasteiger partial charge in [-0.1, -0.05) is 0 Å². The minimum absolute atomic E-state index is 0. The van der Waals surface area contributed by atoms with Gasteiger partial charge in [0.25, 0.3) is 0 Å². The summed E-state index contributed by atoms with van der Waals surface area (Å²) in [6.07, 6.45) is 4.83. The molecule has 0 amide bonds. The van der Waals surface area contributed by atoms with Crippen LogP contribution in [0.1, 0.15) is 20.0 Å². The van der Waals surface area contributed by atoms with E-state index in [1.165, 1.54) is 0 Å². The molecular weight excluding hydrogens is 297 g/mol. The van der Waals surface area contributed by atoms with Gasteiger partial charge in [0.15, 0.2) is 0 Å². The fourth-order valence-electron chi connectivity index (χ4n) is 1.56. The number of aromatic nitrogens is 1. The molecule has 1 aromatic heterocycles. The SMILES string of the molecule is CSC1CC(Oc2ccc(Br)c(C)n2)C1.[H-].[Na+]. The standard InChI is InChI=1S/C11H14BrNOS.Na.H/c1-7-10(12)3-4-11(13-7)14-8-5-9(6-8)15-2;;/h3-4,8-9H,5-6H2,1-2H3;;/q;+1;-1. The van der Waals surface area contributed by atoms with E-state index < -0.39 is 0 Å². The van der Waals surface area contributed by atoms with Gasteiger partial charge in [-0.15, -0.1) is 0 Å². The maximum Gasteiger partial charge on any atom is 1.00 e. The quantitative estimate of drug-likeness (QED) is 0.761. The van der Waals surface area contributed by atoms with E-state index >= 15 is 0 Å². The maximum atomic E-state index is 5.77.